The Kier molecular flexibility index (Phi) is 6.51. The smallest absolute Gasteiger partial charge is 0.261 e. The Labute approximate surface area is 146 Å². The van der Waals surface area contributed by atoms with E-state index >= 15 is 0 Å². The Morgan fingerprint density at radius 1 is 1.08 bits per heavy atom. The molecule has 0 saturated heterocycles. The fraction of sp³-hybridized carbons (Fsp3) is 0.263. The molecule has 2 rings (SSSR count). The van der Waals surface area contributed by atoms with E-state index in [9.17, 15) is 14.0 Å². The van der Waals surface area contributed by atoms with Gasteiger partial charge < -0.3 is 15.0 Å². The maximum Gasteiger partial charge on any atom is 0.261 e. The highest BCUT2D eigenvalue weighted by molar-refractivity contribution is 5.94. The maximum absolute atomic E-state index is 12.9. The molecular weight excluding hydrogens is 323 g/mol. The molecule has 0 aromatic heterocycles. The molecule has 0 aliphatic carbocycles. The average molecular weight is 344 g/mol. The lowest BCUT2D eigenvalue weighted by Crippen LogP contribution is -2.44. The fourth-order valence-electron chi connectivity index (χ4n) is 2.19. The van der Waals surface area contributed by atoms with Gasteiger partial charge in [0.25, 0.3) is 5.91 Å². The Balaban J connectivity index is 1.91. The van der Waals surface area contributed by atoms with Gasteiger partial charge in [0.05, 0.1) is 0 Å². The number of benzene rings is 2. The van der Waals surface area contributed by atoms with Crippen LogP contribution in [0.25, 0.3) is 0 Å². The summed E-state index contributed by atoms with van der Waals surface area (Å²) in [6.45, 7) is 3.40. The van der Waals surface area contributed by atoms with E-state index in [1.807, 2.05) is 32.0 Å². The van der Waals surface area contributed by atoms with Crippen molar-refractivity contribution in [2.75, 3.05) is 18.5 Å². The Morgan fingerprint density at radius 2 is 1.72 bits per heavy atom. The third-order valence-corrected chi connectivity index (χ3v) is 3.49. The van der Waals surface area contributed by atoms with E-state index in [-0.39, 0.29) is 36.8 Å². The molecule has 0 fully saturated rings. The molecule has 0 bridgehead atoms. The van der Waals surface area contributed by atoms with Crippen LogP contribution in [0, 0.1) is 5.82 Å². The maximum atomic E-state index is 12.9. The van der Waals surface area contributed by atoms with Crippen molar-refractivity contribution in [1.82, 2.24) is 4.90 Å². The summed E-state index contributed by atoms with van der Waals surface area (Å²) < 4.78 is 18.3. The number of para-hydroxylation sites is 1. The van der Waals surface area contributed by atoms with Gasteiger partial charge in [-0.05, 0) is 50.2 Å². The lowest BCUT2D eigenvalue weighted by Gasteiger charge is -2.26. The normalized spacial score (nSPS) is 10.4. The largest absolute Gasteiger partial charge is 0.484 e. The zero-order valence-corrected chi connectivity index (χ0v) is 14.2. The number of hydrogen-bond donors (Lipinski definition) is 1. The summed E-state index contributed by atoms with van der Waals surface area (Å²) in [6, 6.07) is 14.3. The van der Waals surface area contributed by atoms with Gasteiger partial charge in [-0.3, -0.25) is 9.59 Å². The molecule has 132 valence electrons. The van der Waals surface area contributed by atoms with Gasteiger partial charge in [0.2, 0.25) is 5.91 Å². The minimum Gasteiger partial charge on any atom is -0.484 e. The molecule has 0 spiro atoms. The first-order valence-corrected chi connectivity index (χ1v) is 7.98. The van der Waals surface area contributed by atoms with Gasteiger partial charge in [-0.15, -0.1) is 0 Å². The van der Waals surface area contributed by atoms with Crippen LogP contribution in [0.15, 0.2) is 54.6 Å². The summed E-state index contributed by atoms with van der Waals surface area (Å²) in [4.78, 5) is 25.9. The van der Waals surface area contributed by atoms with Crippen molar-refractivity contribution in [3.63, 3.8) is 0 Å². The Morgan fingerprint density at radius 3 is 2.32 bits per heavy atom. The summed E-state index contributed by atoms with van der Waals surface area (Å²) >= 11 is 0. The molecule has 2 aromatic rings. The van der Waals surface area contributed by atoms with Gasteiger partial charge in [-0.1, -0.05) is 18.2 Å². The number of nitrogens with zero attached hydrogens (tertiary/aromatic N) is 1. The first kappa shape index (κ1) is 18.4. The lowest BCUT2D eigenvalue weighted by atomic mass is 10.3. The summed E-state index contributed by atoms with van der Waals surface area (Å²) in [5.74, 6) is -0.424. The van der Waals surface area contributed by atoms with Gasteiger partial charge in [0.15, 0.2) is 6.61 Å². The van der Waals surface area contributed by atoms with Crippen molar-refractivity contribution in [3.05, 3.63) is 60.4 Å². The highest BCUT2D eigenvalue weighted by Gasteiger charge is 2.20. The monoisotopic (exact) mass is 344 g/mol. The molecule has 0 unspecified atom stereocenters. The van der Waals surface area contributed by atoms with Crippen LogP contribution in [0.1, 0.15) is 13.8 Å². The third kappa shape index (κ3) is 5.91. The second-order valence-corrected chi connectivity index (χ2v) is 5.77. The van der Waals surface area contributed by atoms with Crippen molar-refractivity contribution in [3.8, 4) is 5.75 Å². The Hall–Kier alpha value is -2.89. The zero-order valence-electron chi connectivity index (χ0n) is 14.2. The van der Waals surface area contributed by atoms with Crippen LogP contribution in [0.2, 0.25) is 0 Å². The second-order valence-electron chi connectivity index (χ2n) is 5.77. The minimum atomic E-state index is -0.380. The molecule has 0 atom stereocenters. The molecule has 1 N–H and O–H groups in total. The SMILES string of the molecule is CC(C)N(CC(=O)Nc1ccc(F)cc1)C(=O)COc1ccccc1. The van der Waals surface area contributed by atoms with Crippen LogP contribution in [-0.2, 0) is 9.59 Å². The van der Waals surface area contributed by atoms with Crippen LogP contribution < -0.4 is 10.1 Å². The molecular formula is C19H21FN2O3. The first-order chi connectivity index (χ1) is 12.0. The van der Waals surface area contributed by atoms with E-state index in [0.717, 1.165) is 0 Å². The molecule has 0 heterocycles. The molecule has 0 saturated carbocycles. The van der Waals surface area contributed by atoms with Gasteiger partial charge in [-0.25, -0.2) is 4.39 Å². The highest BCUT2D eigenvalue weighted by atomic mass is 19.1. The molecule has 6 heteroatoms. The summed E-state index contributed by atoms with van der Waals surface area (Å²) in [5.41, 5.74) is 0.475. The summed E-state index contributed by atoms with van der Waals surface area (Å²) in [7, 11) is 0. The number of hydrogen-bond acceptors (Lipinski definition) is 3. The highest BCUT2D eigenvalue weighted by Crippen LogP contribution is 2.11. The average Bonchev–Trinajstić information content (AvgIpc) is 2.60. The number of ether oxygens (including phenoxy) is 1. The van der Waals surface area contributed by atoms with Crippen molar-refractivity contribution < 1.29 is 18.7 Å². The number of halogens is 1. The first-order valence-electron chi connectivity index (χ1n) is 7.98. The van der Waals surface area contributed by atoms with E-state index in [1.54, 1.807) is 12.1 Å². The topological polar surface area (TPSA) is 58.6 Å². The summed E-state index contributed by atoms with van der Waals surface area (Å²) in [6.07, 6.45) is 0. The van der Waals surface area contributed by atoms with Crippen molar-refractivity contribution in [2.45, 2.75) is 19.9 Å². The number of carbonyl (C=O) groups excluding carboxylic acids is 2. The van der Waals surface area contributed by atoms with Gasteiger partial charge in [-0.2, -0.15) is 0 Å². The number of carbonyl (C=O) groups is 2. The summed E-state index contributed by atoms with van der Waals surface area (Å²) in [5, 5.41) is 2.64. The minimum absolute atomic E-state index is 0.105. The standard InChI is InChI=1S/C19H21FN2O3/c1-14(2)22(19(24)13-25-17-6-4-3-5-7-17)12-18(23)21-16-10-8-15(20)9-11-16/h3-11,14H,12-13H2,1-2H3,(H,21,23). The van der Waals surface area contributed by atoms with Gasteiger partial charge >= 0.3 is 0 Å². The second kappa shape index (κ2) is 8.82. The number of anilines is 1. The van der Waals surface area contributed by atoms with Gasteiger partial charge in [0.1, 0.15) is 18.1 Å². The van der Waals surface area contributed by atoms with Crippen LogP contribution in [0.3, 0.4) is 0 Å². The molecule has 2 amide bonds. The van der Waals surface area contributed by atoms with E-state index in [4.69, 9.17) is 4.74 Å². The lowest BCUT2D eigenvalue weighted by molar-refractivity contribution is -0.138. The van der Waals surface area contributed by atoms with Gasteiger partial charge in [0, 0.05) is 11.7 Å². The number of nitrogens with one attached hydrogen (secondary N) is 1. The van der Waals surface area contributed by atoms with E-state index < -0.39 is 0 Å². The van der Waals surface area contributed by atoms with Crippen LogP contribution in [0.4, 0.5) is 10.1 Å². The quantitative estimate of drug-likeness (QED) is 0.840. The molecule has 2 aromatic carbocycles. The predicted octanol–water partition coefficient (Wildman–Crippen LogP) is 3.08. The van der Waals surface area contributed by atoms with Crippen molar-refractivity contribution in [1.29, 1.82) is 0 Å². The molecule has 0 aliphatic heterocycles. The van der Waals surface area contributed by atoms with E-state index in [0.29, 0.717) is 11.4 Å². The third-order valence-electron chi connectivity index (χ3n) is 3.49. The van der Waals surface area contributed by atoms with E-state index in [2.05, 4.69) is 5.32 Å². The Bertz CT molecular complexity index is 702. The van der Waals surface area contributed by atoms with Crippen LogP contribution >= 0.6 is 0 Å². The van der Waals surface area contributed by atoms with Crippen LogP contribution in [0.5, 0.6) is 5.75 Å². The molecule has 0 aliphatic rings. The molecule has 5 nitrogen and oxygen atoms in total. The number of amides is 2. The van der Waals surface area contributed by atoms with Crippen LogP contribution in [-0.4, -0.2) is 35.9 Å². The van der Waals surface area contributed by atoms with Crippen molar-refractivity contribution in [2.24, 2.45) is 0 Å². The predicted molar refractivity (Wildman–Crippen MR) is 93.8 cm³/mol. The fourth-order valence-corrected chi connectivity index (χ4v) is 2.19. The number of rotatable bonds is 7. The van der Waals surface area contributed by atoms with Crippen molar-refractivity contribution >= 4 is 17.5 Å². The molecule has 25 heavy (non-hydrogen) atoms. The zero-order chi connectivity index (χ0) is 18.2. The molecule has 0 radical (unpaired) electrons. The van der Waals surface area contributed by atoms with E-state index in [1.165, 1.54) is 29.2 Å².